The van der Waals surface area contributed by atoms with Crippen LogP contribution in [0.2, 0.25) is 0 Å². The molecule has 2 heterocycles. The first kappa shape index (κ1) is 19.7. The van der Waals surface area contributed by atoms with Crippen molar-refractivity contribution >= 4 is 34.4 Å². The predicted octanol–water partition coefficient (Wildman–Crippen LogP) is 2.50. The topological polar surface area (TPSA) is 72.6 Å². The minimum atomic E-state index is -0.247. The van der Waals surface area contributed by atoms with Crippen molar-refractivity contribution in [3.05, 3.63) is 38.6 Å². The van der Waals surface area contributed by atoms with Crippen LogP contribution in [-0.2, 0) is 4.74 Å². The smallest absolute Gasteiger partial charge is 0.409 e. The Labute approximate surface area is 171 Å². The Morgan fingerprint density at radius 2 is 1.96 bits per heavy atom. The Balaban J connectivity index is 1.75. The summed E-state index contributed by atoms with van der Waals surface area (Å²) in [6.07, 6.45) is 1.31. The van der Waals surface area contributed by atoms with Crippen LogP contribution in [0.3, 0.4) is 0 Å². The number of rotatable bonds is 4. The second-order valence-corrected chi connectivity index (χ2v) is 7.79. The van der Waals surface area contributed by atoms with Gasteiger partial charge in [0.2, 0.25) is 0 Å². The van der Waals surface area contributed by atoms with Crippen molar-refractivity contribution < 1.29 is 9.53 Å². The molecule has 1 aromatic heterocycles. The molecular weight excluding hydrogens is 461 g/mol. The van der Waals surface area contributed by atoms with Gasteiger partial charge >= 0.3 is 11.8 Å². The molecule has 27 heavy (non-hydrogen) atoms. The van der Waals surface area contributed by atoms with E-state index in [1.165, 1.54) is 4.68 Å². The molecule has 0 atom stereocenters. The van der Waals surface area contributed by atoms with Gasteiger partial charge in [0, 0.05) is 29.7 Å². The van der Waals surface area contributed by atoms with E-state index < -0.39 is 0 Å². The Morgan fingerprint density at radius 3 is 2.52 bits per heavy atom. The van der Waals surface area contributed by atoms with Crippen molar-refractivity contribution in [2.45, 2.75) is 26.8 Å². The van der Waals surface area contributed by atoms with Gasteiger partial charge in [-0.1, -0.05) is 0 Å². The molecular formula is C18H24IN5O3. The van der Waals surface area contributed by atoms with Crippen molar-refractivity contribution in [1.29, 1.82) is 0 Å². The third-order valence-electron chi connectivity index (χ3n) is 4.54. The molecule has 8 nitrogen and oxygen atoms in total. The fourth-order valence-electron chi connectivity index (χ4n) is 3.09. The van der Waals surface area contributed by atoms with Crippen LogP contribution >= 0.6 is 22.6 Å². The number of amides is 1. The standard InChI is InChI=1S/C18H24IN5O3/c1-4-27-18(26)22-9-7-21(8-10-22)16-6-5-14(11-15(16)19)23-12-20-24(13(2)3)17(23)25/h5-6,11-13H,4,7-10H2,1-3H3. The molecule has 0 unspecified atom stereocenters. The minimum absolute atomic E-state index is 0.0211. The van der Waals surface area contributed by atoms with E-state index in [4.69, 9.17) is 4.74 Å². The highest BCUT2D eigenvalue weighted by Crippen LogP contribution is 2.26. The van der Waals surface area contributed by atoms with E-state index >= 15 is 0 Å². The molecule has 0 radical (unpaired) electrons. The van der Waals surface area contributed by atoms with Gasteiger partial charge in [0.15, 0.2) is 0 Å². The maximum absolute atomic E-state index is 12.5. The first-order chi connectivity index (χ1) is 12.9. The summed E-state index contributed by atoms with van der Waals surface area (Å²) in [5, 5.41) is 4.18. The minimum Gasteiger partial charge on any atom is -0.450 e. The normalized spacial score (nSPS) is 14.7. The van der Waals surface area contributed by atoms with Crippen molar-refractivity contribution in [2.75, 3.05) is 37.7 Å². The summed E-state index contributed by atoms with van der Waals surface area (Å²) in [5.74, 6) is 0. The second kappa shape index (κ2) is 8.32. The highest BCUT2D eigenvalue weighted by Gasteiger charge is 2.23. The van der Waals surface area contributed by atoms with E-state index in [9.17, 15) is 9.59 Å². The summed E-state index contributed by atoms with van der Waals surface area (Å²) in [5.41, 5.74) is 1.76. The van der Waals surface area contributed by atoms with E-state index in [-0.39, 0.29) is 17.8 Å². The number of halogens is 1. The van der Waals surface area contributed by atoms with E-state index in [0.717, 1.165) is 28.0 Å². The fraction of sp³-hybridized carbons (Fsp3) is 0.500. The number of carbonyl (C=O) groups is 1. The number of anilines is 1. The maximum atomic E-state index is 12.5. The summed E-state index contributed by atoms with van der Waals surface area (Å²) in [6, 6.07) is 5.97. The molecule has 9 heteroatoms. The van der Waals surface area contributed by atoms with Gasteiger partial charge in [0.25, 0.3) is 0 Å². The molecule has 2 aromatic rings. The molecule has 0 saturated carbocycles. The van der Waals surface area contributed by atoms with Gasteiger partial charge < -0.3 is 14.5 Å². The molecule has 1 aliphatic heterocycles. The molecule has 1 fully saturated rings. The summed E-state index contributed by atoms with van der Waals surface area (Å²) in [4.78, 5) is 28.3. The van der Waals surface area contributed by atoms with Gasteiger partial charge in [-0.3, -0.25) is 0 Å². The molecule has 0 aliphatic carbocycles. The van der Waals surface area contributed by atoms with Gasteiger partial charge in [-0.25, -0.2) is 18.8 Å². The molecule has 1 saturated heterocycles. The van der Waals surface area contributed by atoms with Gasteiger partial charge in [-0.05, 0) is 61.6 Å². The van der Waals surface area contributed by atoms with Crippen LogP contribution in [0.4, 0.5) is 10.5 Å². The Hall–Kier alpha value is -2.04. The Kier molecular flexibility index (Phi) is 6.08. The zero-order valence-corrected chi connectivity index (χ0v) is 17.9. The first-order valence-electron chi connectivity index (χ1n) is 9.05. The van der Waals surface area contributed by atoms with Crippen LogP contribution in [-0.4, -0.2) is 58.1 Å². The number of nitrogens with zero attached hydrogens (tertiary/aromatic N) is 5. The molecule has 1 aliphatic rings. The van der Waals surface area contributed by atoms with Crippen LogP contribution in [0.15, 0.2) is 29.3 Å². The molecule has 0 bridgehead atoms. The van der Waals surface area contributed by atoms with E-state index in [1.807, 2.05) is 39.0 Å². The summed E-state index contributed by atoms with van der Waals surface area (Å²) in [7, 11) is 0. The monoisotopic (exact) mass is 485 g/mol. The number of ether oxygens (including phenoxy) is 1. The molecule has 0 N–H and O–H groups in total. The average molecular weight is 485 g/mol. The second-order valence-electron chi connectivity index (χ2n) is 6.63. The first-order valence-corrected chi connectivity index (χ1v) is 10.1. The lowest BCUT2D eigenvalue weighted by atomic mass is 10.2. The van der Waals surface area contributed by atoms with E-state index in [0.29, 0.717) is 19.7 Å². The highest BCUT2D eigenvalue weighted by molar-refractivity contribution is 14.1. The van der Waals surface area contributed by atoms with Crippen LogP contribution in [0.1, 0.15) is 26.8 Å². The SMILES string of the molecule is CCOC(=O)N1CCN(c2ccc(-n3cnn(C(C)C)c3=O)cc2I)CC1. The quantitative estimate of drug-likeness (QED) is 0.623. The van der Waals surface area contributed by atoms with Crippen LogP contribution in [0.5, 0.6) is 0 Å². The van der Waals surface area contributed by atoms with Crippen molar-refractivity contribution in [3.8, 4) is 5.69 Å². The lowest BCUT2D eigenvalue weighted by Crippen LogP contribution is -2.49. The van der Waals surface area contributed by atoms with Crippen LogP contribution < -0.4 is 10.6 Å². The van der Waals surface area contributed by atoms with Gasteiger partial charge in [-0.15, -0.1) is 0 Å². The third-order valence-corrected chi connectivity index (χ3v) is 5.40. The van der Waals surface area contributed by atoms with Crippen molar-refractivity contribution in [3.63, 3.8) is 0 Å². The molecule has 0 spiro atoms. The number of hydrogen-bond donors (Lipinski definition) is 0. The average Bonchev–Trinajstić information content (AvgIpc) is 3.04. The van der Waals surface area contributed by atoms with E-state index in [1.54, 1.807) is 15.8 Å². The lowest BCUT2D eigenvalue weighted by Gasteiger charge is -2.36. The summed E-state index contributed by atoms with van der Waals surface area (Å²) >= 11 is 2.29. The van der Waals surface area contributed by atoms with Crippen LogP contribution in [0.25, 0.3) is 5.69 Å². The molecule has 1 amide bonds. The summed E-state index contributed by atoms with van der Waals surface area (Å²) < 4.78 is 9.15. The highest BCUT2D eigenvalue weighted by atomic mass is 127. The largest absolute Gasteiger partial charge is 0.450 e. The summed E-state index contributed by atoms with van der Waals surface area (Å²) in [6.45, 7) is 8.84. The number of piperazine rings is 1. The lowest BCUT2D eigenvalue weighted by molar-refractivity contribution is 0.105. The van der Waals surface area contributed by atoms with Gasteiger partial charge in [-0.2, -0.15) is 5.10 Å². The zero-order chi connectivity index (χ0) is 19.6. The van der Waals surface area contributed by atoms with E-state index in [2.05, 4.69) is 32.6 Å². The molecule has 146 valence electrons. The van der Waals surface area contributed by atoms with Gasteiger partial charge in [0.05, 0.1) is 24.0 Å². The molecule has 3 rings (SSSR count). The van der Waals surface area contributed by atoms with Gasteiger partial charge in [0.1, 0.15) is 6.33 Å². The number of aromatic nitrogens is 3. The Morgan fingerprint density at radius 1 is 1.26 bits per heavy atom. The van der Waals surface area contributed by atoms with Crippen molar-refractivity contribution in [2.24, 2.45) is 0 Å². The Bertz CT molecular complexity index is 868. The fourth-order valence-corrected chi connectivity index (χ4v) is 3.93. The maximum Gasteiger partial charge on any atom is 0.409 e. The predicted molar refractivity (Wildman–Crippen MR) is 112 cm³/mol. The number of benzene rings is 1. The zero-order valence-electron chi connectivity index (χ0n) is 15.8. The number of hydrogen-bond acceptors (Lipinski definition) is 5. The van der Waals surface area contributed by atoms with Crippen LogP contribution in [0, 0.1) is 3.57 Å². The number of carbonyl (C=O) groups excluding carboxylic acids is 1. The van der Waals surface area contributed by atoms with Crippen molar-refractivity contribution in [1.82, 2.24) is 19.2 Å². The molecule has 1 aromatic carbocycles. The third kappa shape index (κ3) is 4.12.